The van der Waals surface area contributed by atoms with E-state index in [1.54, 1.807) is 21.0 Å². The fourth-order valence-electron chi connectivity index (χ4n) is 1.09. The molecule has 0 spiro atoms. The maximum atomic E-state index is 10.9. The van der Waals surface area contributed by atoms with E-state index in [-0.39, 0.29) is 0 Å². The smallest absolute Gasteiger partial charge is 0.323 e. The lowest BCUT2D eigenvalue weighted by Crippen LogP contribution is -2.48. The number of carbonyl (C=O) groups is 1. The number of carboxylic acid groups (broad SMARTS) is 1. The fourth-order valence-corrected chi connectivity index (χ4v) is 1.09. The molecule has 0 aliphatic rings. The summed E-state index contributed by atoms with van der Waals surface area (Å²) >= 11 is 0. The van der Waals surface area contributed by atoms with E-state index in [0.717, 1.165) is 6.42 Å². The number of likely N-dealkylation sites (N-methyl/N-ethyl adjacent to an activating group) is 1. The van der Waals surface area contributed by atoms with E-state index in [1.807, 2.05) is 11.9 Å². The van der Waals surface area contributed by atoms with Crippen LogP contribution in [0.3, 0.4) is 0 Å². The zero-order valence-corrected chi connectivity index (χ0v) is 10.7. The van der Waals surface area contributed by atoms with Gasteiger partial charge in [-0.15, -0.1) is 0 Å². The van der Waals surface area contributed by atoms with E-state index in [9.17, 15) is 4.79 Å². The maximum Gasteiger partial charge on any atom is 0.323 e. The van der Waals surface area contributed by atoms with Crippen molar-refractivity contribution in [2.24, 2.45) is 0 Å². The SMILES string of the molecule is COCCOCCCN(C)C(C)(C)C(=O)O. The van der Waals surface area contributed by atoms with Crippen LogP contribution in [0.15, 0.2) is 0 Å². The van der Waals surface area contributed by atoms with Gasteiger partial charge in [0.05, 0.1) is 13.2 Å². The highest BCUT2D eigenvalue weighted by Crippen LogP contribution is 2.12. The Morgan fingerprint density at radius 2 is 1.94 bits per heavy atom. The third kappa shape index (κ3) is 5.44. The van der Waals surface area contributed by atoms with Crippen LogP contribution >= 0.6 is 0 Å². The molecule has 0 aromatic rings. The Bertz CT molecular complexity index is 206. The molecule has 0 heterocycles. The van der Waals surface area contributed by atoms with Crippen LogP contribution in [0.4, 0.5) is 0 Å². The van der Waals surface area contributed by atoms with Crippen LogP contribution in [0.5, 0.6) is 0 Å². The third-order valence-electron chi connectivity index (χ3n) is 2.69. The largest absolute Gasteiger partial charge is 0.480 e. The zero-order chi connectivity index (χ0) is 12.6. The Balaban J connectivity index is 3.65. The van der Waals surface area contributed by atoms with E-state index in [4.69, 9.17) is 14.6 Å². The molecule has 0 radical (unpaired) electrons. The van der Waals surface area contributed by atoms with Crippen LogP contribution in [-0.2, 0) is 14.3 Å². The van der Waals surface area contributed by atoms with E-state index >= 15 is 0 Å². The first-order valence-electron chi connectivity index (χ1n) is 5.44. The number of hydrogen-bond donors (Lipinski definition) is 1. The van der Waals surface area contributed by atoms with Gasteiger partial charge in [0.1, 0.15) is 5.54 Å². The molecule has 0 aromatic carbocycles. The molecule has 0 aromatic heterocycles. The summed E-state index contributed by atoms with van der Waals surface area (Å²) in [6, 6.07) is 0. The molecule has 0 saturated carbocycles. The summed E-state index contributed by atoms with van der Waals surface area (Å²) in [5.74, 6) is -0.810. The van der Waals surface area contributed by atoms with Crippen molar-refractivity contribution in [2.45, 2.75) is 25.8 Å². The van der Waals surface area contributed by atoms with Gasteiger partial charge in [-0.1, -0.05) is 0 Å². The summed E-state index contributed by atoms with van der Waals surface area (Å²) < 4.78 is 10.1. The van der Waals surface area contributed by atoms with Crippen LogP contribution in [0.1, 0.15) is 20.3 Å². The minimum atomic E-state index is -0.827. The second kappa shape index (κ2) is 7.60. The molecule has 0 bridgehead atoms. The Morgan fingerprint density at radius 3 is 2.44 bits per heavy atom. The Morgan fingerprint density at radius 1 is 1.31 bits per heavy atom. The molecular formula is C11H23NO4. The maximum absolute atomic E-state index is 10.9. The highest BCUT2D eigenvalue weighted by Gasteiger charge is 2.31. The number of ether oxygens (including phenoxy) is 2. The Hall–Kier alpha value is -0.650. The monoisotopic (exact) mass is 233 g/mol. The van der Waals surface area contributed by atoms with Gasteiger partial charge in [0.25, 0.3) is 0 Å². The van der Waals surface area contributed by atoms with Crippen molar-refractivity contribution < 1.29 is 19.4 Å². The predicted octanol–water partition coefficient (Wildman–Crippen LogP) is 0.835. The average Bonchev–Trinajstić information content (AvgIpc) is 2.22. The highest BCUT2D eigenvalue weighted by atomic mass is 16.5. The van der Waals surface area contributed by atoms with Gasteiger partial charge in [-0.3, -0.25) is 9.69 Å². The first-order chi connectivity index (χ1) is 7.42. The Kier molecular flexibility index (Phi) is 7.29. The molecular weight excluding hydrogens is 210 g/mol. The standard InChI is InChI=1S/C11H23NO4/c1-11(2,10(13)14)12(3)6-5-7-16-9-8-15-4/h5-9H2,1-4H3,(H,13,14). The van der Waals surface area contributed by atoms with Crippen molar-refractivity contribution >= 4 is 5.97 Å². The Labute approximate surface area is 97.3 Å². The molecule has 5 heteroatoms. The molecule has 0 aliphatic carbocycles. The normalized spacial score (nSPS) is 12.1. The van der Waals surface area contributed by atoms with E-state index in [0.29, 0.717) is 26.4 Å². The van der Waals surface area contributed by atoms with Crippen LogP contribution in [0, 0.1) is 0 Å². The summed E-state index contributed by atoms with van der Waals surface area (Å²) in [6.07, 6.45) is 0.816. The molecule has 0 atom stereocenters. The summed E-state index contributed by atoms with van der Waals surface area (Å²) in [6.45, 7) is 5.90. The molecule has 0 saturated heterocycles. The van der Waals surface area contributed by atoms with Crippen molar-refractivity contribution in [3.05, 3.63) is 0 Å². The van der Waals surface area contributed by atoms with Crippen molar-refractivity contribution in [3.8, 4) is 0 Å². The number of rotatable bonds is 9. The van der Waals surface area contributed by atoms with Gasteiger partial charge in [0.2, 0.25) is 0 Å². The number of methoxy groups -OCH3 is 1. The topological polar surface area (TPSA) is 59.0 Å². The van der Waals surface area contributed by atoms with E-state index in [2.05, 4.69) is 0 Å². The van der Waals surface area contributed by atoms with Crippen LogP contribution in [0.2, 0.25) is 0 Å². The zero-order valence-electron chi connectivity index (χ0n) is 10.7. The first kappa shape index (κ1) is 15.3. The lowest BCUT2D eigenvalue weighted by atomic mass is 10.0. The molecule has 1 N–H and O–H groups in total. The minimum Gasteiger partial charge on any atom is -0.480 e. The molecule has 0 unspecified atom stereocenters. The number of hydrogen-bond acceptors (Lipinski definition) is 4. The van der Waals surface area contributed by atoms with Crippen LogP contribution in [-0.4, -0.2) is 62.0 Å². The van der Waals surface area contributed by atoms with Gasteiger partial charge in [0, 0.05) is 20.3 Å². The van der Waals surface area contributed by atoms with Crippen LogP contribution < -0.4 is 0 Å². The molecule has 0 fully saturated rings. The lowest BCUT2D eigenvalue weighted by molar-refractivity contribution is -0.148. The van der Waals surface area contributed by atoms with E-state index in [1.165, 1.54) is 0 Å². The first-order valence-corrected chi connectivity index (χ1v) is 5.44. The minimum absolute atomic E-state index is 0.586. The highest BCUT2D eigenvalue weighted by molar-refractivity contribution is 5.77. The van der Waals surface area contributed by atoms with Gasteiger partial charge >= 0.3 is 5.97 Å². The third-order valence-corrected chi connectivity index (χ3v) is 2.69. The molecule has 16 heavy (non-hydrogen) atoms. The van der Waals surface area contributed by atoms with Gasteiger partial charge < -0.3 is 14.6 Å². The summed E-state index contributed by atoms with van der Waals surface area (Å²) in [7, 11) is 3.44. The van der Waals surface area contributed by atoms with Crippen molar-refractivity contribution in [1.82, 2.24) is 4.90 Å². The molecule has 0 rings (SSSR count). The fraction of sp³-hybridized carbons (Fsp3) is 0.909. The van der Waals surface area contributed by atoms with Crippen molar-refractivity contribution in [2.75, 3.05) is 40.5 Å². The van der Waals surface area contributed by atoms with Gasteiger partial charge in [-0.2, -0.15) is 0 Å². The van der Waals surface area contributed by atoms with Crippen molar-refractivity contribution in [1.29, 1.82) is 0 Å². The molecule has 0 amide bonds. The number of nitrogens with zero attached hydrogens (tertiary/aromatic N) is 1. The second-order valence-electron chi connectivity index (χ2n) is 4.24. The summed E-state index contributed by atoms with van der Waals surface area (Å²) in [5, 5.41) is 8.99. The summed E-state index contributed by atoms with van der Waals surface area (Å²) in [4.78, 5) is 12.8. The molecule has 0 aliphatic heterocycles. The number of carboxylic acids is 1. The van der Waals surface area contributed by atoms with Crippen molar-refractivity contribution in [3.63, 3.8) is 0 Å². The van der Waals surface area contributed by atoms with Crippen LogP contribution in [0.25, 0.3) is 0 Å². The lowest BCUT2D eigenvalue weighted by Gasteiger charge is -2.31. The average molecular weight is 233 g/mol. The second-order valence-corrected chi connectivity index (χ2v) is 4.24. The van der Waals surface area contributed by atoms with Gasteiger partial charge in [0.15, 0.2) is 0 Å². The quantitative estimate of drug-likeness (QED) is 0.598. The predicted molar refractivity (Wildman–Crippen MR) is 61.7 cm³/mol. The van der Waals surface area contributed by atoms with E-state index < -0.39 is 11.5 Å². The molecule has 96 valence electrons. The molecule has 5 nitrogen and oxygen atoms in total. The number of aliphatic carboxylic acids is 1. The van der Waals surface area contributed by atoms with Gasteiger partial charge in [-0.05, 0) is 27.3 Å². The summed E-state index contributed by atoms with van der Waals surface area (Å²) in [5.41, 5.74) is -0.827. The van der Waals surface area contributed by atoms with Gasteiger partial charge in [-0.25, -0.2) is 0 Å².